The number of aliphatic hydroxyl groups is 1. The zero-order chi connectivity index (χ0) is 26.1. The molecule has 1 aliphatic heterocycles. The fourth-order valence-electron chi connectivity index (χ4n) is 4.17. The maximum absolute atomic E-state index is 13.9. The molecule has 3 aromatic rings. The first kappa shape index (κ1) is 26.6. The molecule has 1 aliphatic rings. The summed E-state index contributed by atoms with van der Waals surface area (Å²) in [5.74, 6) is 0.746. The number of hydrazine groups is 1. The molecule has 4 rings (SSSR count). The quantitative estimate of drug-likeness (QED) is 0.171. The van der Waals surface area contributed by atoms with Gasteiger partial charge in [0.2, 0.25) is 5.90 Å². The molecule has 3 N–H and O–H groups in total. The molecule has 8 heteroatoms. The molecule has 3 aromatic carbocycles. The maximum atomic E-state index is 13.9. The number of rotatable bonds is 12. The number of amides is 1. The van der Waals surface area contributed by atoms with E-state index in [1.54, 1.807) is 6.08 Å². The van der Waals surface area contributed by atoms with Crippen LogP contribution in [0.5, 0.6) is 5.75 Å². The Morgan fingerprint density at radius 1 is 1.11 bits per heavy atom. The van der Waals surface area contributed by atoms with E-state index in [4.69, 9.17) is 19.6 Å². The summed E-state index contributed by atoms with van der Waals surface area (Å²) in [5.41, 5.74) is 6.94. The Morgan fingerprint density at radius 3 is 2.54 bits per heavy atom. The number of hydrogen-bond acceptors (Lipinski definition) is 6. The number of hydrogen-bond donors (Lipinski definition) is 3. The van der Waals surface area contributed by atoms with E-state index in [9.17, 15) is 4.79 Å². The summed E-state index contributed by atoms with van der Waals surface area (Å²) in [6, 6.07) is 24.9. The summed E-state index contributed by atoms with van der Waals surface area (Å²) in [6.45, 7) is 4.61. The van der Waals surface area contributed by atoms with Gasteiger partial charge in [-0.1, -0.05) is 70.5 Å². The number of aliphatic imine (C=N–C) groups is 1. The Labute approximate surface area is 225 Å². The Balaban J connectivity index is 1.76. The SMILES string of the molecule is C=CCNNC(=O)[C@@]1(Cc2ccccc2)N=C(c2ccc(OCCCO)cc2)O[C@H]1c1ccccc1Br. The normalized spacial score (nSPS) is 18.5. The average Bonchev–Trinajstić information content (AvgIpc) is 3.30. The third-order valence-electron chi connectivity index (χ3n) is 5.98. The molecule has 0 fully saturated rings. The van der Waals surface area contributed by atoms with Gasteiger partial charge in [0, 0.05) is 41.6 Å². The summed E-state index contributed by atoms with van der Waals surface area (Å²) in [4.78, 5) is 18.9. The number of carbonyl (C=O) groups is 1. The third-order valence-corrected chi connectivity index (χ3v) is 6.70. The lowest BCUT2D eigenvalue weighted by molar-refractivity contribution is -0.129. The van der Waals surface area contributed by atoms with Crippen molar-refractivity contribution in [1.82, 2.24) is 10.9 Å². The first-order valence-corrected chi connectivity index (χ1v) is 12.9. The van der Waals surface area contributed by atoms with E-state index in [-0.39, 0.29) is 12.5 Å². The molecule has 1 heterocycles. The predicted molar refractivity (Wildman–Crippen MR) is 147 cm³/mol. The van der Waals surface area contributed by atoms with Crippen molar-refractivity contribution in [2.45, 2.75) is 24.5 Å². The van der Waals surface area contributed by atoms with E-state index in [2.05, 4.69) is 33.4 Å². The van der Waals surface area contributed by atoms with E-state index in [1.807, 2.05) is 78.9 Å². The number of aliphatic hydroxyl groups excluding tert-OH is 1. The first-order chi connectivity index (χ1) is 18.1. The molecule has 0 unspecified atom stereocenters. The first-order valence-electron chi connectivity index (χ1n) is 12.1. The van der Waals surface area contributed by atoms with Gasteiger partial charge < -0.3 is 14.6 Å². The number of ether oxygens (including phenoxy) is 2. The second kappa shape index (κ2) is 12.7. The smallest absolute Gasteiger partial charge is 0.266 e. The summed E-state index contributed by atoms with van der Waals surface area (Å²) < 4.78 is 13.0. The van der Waals surface area contributed by atoms with Crippen molar-refractivity contribution in [3.8, 4) is 5.75 Å². The summed E-state index contributed by atoms with van der Waals surface area (Å²) >= 11 is 3.65. The van der Waals surface area contributed by atoms with Gasteiger partial charge in [-0.3, -0.25) is 10.2 Å². The molecule has 2 atom stereocenters. The van der Waals surface area contributed by atoms with Gasteiger partial charge >= 0.3 is 0 Å². The Morgan fingerprint density at radius 2 is 1.84 bits per heavy atom. The van der Waals surface area contributed by atoms with Crippen LogP contribution in [0.4, 0.5) is 0 Å². The molecule has 0 saturated heterocycles. The number of nitrogens with one attached hydrogen (secondary N) is 2. The minimum Gasteiger partial charge on any atom is -0.494 e. The van der Waals surface area contributed by atoms with Crippen LogP contribution < -0.4 is 15.6 Å². The van der Waals surface area contributed by atoms with Gasteiger partial charge in [0.15, 0.2) is 11.6 Å². The molecule has 0 saturated carbocycles. The minimum atomic E-state index is -1.29. The largest absolute Gasteiger partial charge is 0.494 e. The number of nitrogens with zero attached hydrogens (tertiary/aromatic N) is 1. The highest BCUT2D eigenvalue weighted by Crippen LogP contribution is 2.44. The van der Waals surface area contributed by atoms with Crippen LogP contribution in [0.25, 0.3) is 0 Å². The van der Waals surface area contributed by atoms with Gasteiger partial charge in [-0.2, -0.15) is 0 Å². The highest BCUT2D eigenvalue weighted by Gasteiger charge is 2.53. The topological polar surface area (TPSA) is 92.2 Å². The molecule has 7 nitrogen and oxygen atoms in total. The van der Waals surface area contributed by atoms with E-state index in [0.29, 0.717) is 37.6 Å². The van der Waals surface area contributed by atoms with Crippen molar-refractivity contribution in [3.05, 3.63) is 113 Å². The van der Waals surface area contributed by atoms with Gasteiger partial charge in [-0.15, -0.1) is 6.58 Å². The summed E-state index contributed by atoms with van der Waals surface area (Å²) in [6.07, 6.45) is 1.86. The van der Waals surface area contributed by atoms with E-state index in [0.717, 1.165) is 21.2 Å². The van der Waals surface area contributed by atoms with E-state index in [1.165, 1.54) is 0 Å². The van der Waals surface area contributed by atoms with Crippen LogP contribution in [0.15, 0.2) is 101 Å². The zero-order valence-corrected chi connectivity index (χ0v) is 22.0. The fourth-order valence-corrected chi connectivity index (χ4v) is 4.66. The molecule has 0 aliphatic carbocycles. The highest BCUT2D eigenvalue weighted by atomic mass is 79.9. The van der Waals surface area contributed by atoms with Crippen LogP contribution in [0.3, 0.4) is 0 Å². The van der Waals surface area contributed by atoms with E-state index >= 15 is 0 Å². The zero-order valence-electron chi connectivity index (χ0n) is 20.4. The monoisotopic (exact) mass is 563 g/mol. The average molecular weight is 564 g/mol. The minimum absolute atomic E-state index is 0.0758. The Hall–Kier alpha value is -3.46. The number of benzene rings is 3. The predicted octanol–water partition coefficient (Wildman–Crippen LogP) is 4.52. The third kappa shape index (κ3) is 6.28. The molecular weight excluding hydrogens is 534 g/mol. The highest BCUT2D eigenvalue weighted by molar-refractivity contribution is 9.10. The maximum Gasteiger partial charge on any atom is 0.266 e. The van der Waals surface area contributed by atoms with Gasteiger partial charge in [0.1, 0.15) is 5.75 Å². The number of halogens is 1. The molecule has 0 radical (unpaired) electrons. The van der Waals surface area contributed by atoms with Crippen LogP contribution in [0.2, 0.25) is 0 Å². The Bertz CT molecular complexity index is 1230. The van der Waals surface area contributed by atoms with Gasteiger partial charge in [-0.05, 0) is 35.9 Å². The second-order valence-electron chi connectivity index (χ2n) is 8.60. The summed E-state index contributed by atoms with van der Waals surface area (Å²) in [7, 11) is 0. The van der Waals surface area contributed by atoms with Crippen LogP contribution in [0.1, 0.15) is 29.2 Å². The molecule has 192 valence electrons. The second-order valence-corrected chi connectivity index (χ2v) is 9.45. The molecule has 0 aromatic heterocycles. The molecule has 0 bridgehead atoms. The molecule has 37 heavy (non-hydrogen) atoms. The van der Waals surface area contributed by atoms with Crippen molar-refractivity contribution in [3.63, 3.8) is 0 Å². The molecule has 1 amide bonds. The van der Waals surface area contributed by atoms with Gasteiger partial charge in [-0.25, -0.2) is 10.4 Å². The lowest BCUT2D eigenvalue weighted by Crippen LogP contribution is -2.54. The molecule has 0 spiro atoms. The standard InChI is InChI=1S/C29H30BrN3O4/c1-2-17-31-33-28(35)29(20-21-9-4-3-5-10-21)26(24-11-6-7-12-25(24)30)37-27(32-29)22-13-15-23(16-14-22)36-19-8-18-34/h2-7,9-16,26,31,34H,1,8,17-20H2,(H,33,35)/t26-,29-/m0/s1. The Kier molecular flexibility index (Phi) is 9.11. The van der Waals surface area contributed by atoms with E-state index < -0.39 is 11.6 Å². The van der Waals surface area contributed by atoms with Gasteiger partial charge in [0.05, 0.1) is 6.61 Å². The van der Waals surface area contributed by atoms with Gasteiger partial charge in [0.25, 0.3) is 5.91 Å². The van der Waals surface area contributed by atoms with Crippen LogP contribution in [0, 0.1) is 0 Å². The molecular formula is C29H30BrN3O4. The summed E-state index contributed by atoms with van der Waals surface area (Å²) in [5, 5.41) is 8.98. The van der Waals surface area contributed by atoms with Crippen molar-refractivity contribution < 1.29 is 19.4 Å². The van der Waals surface area contributed by atoms with Crippen LogP contribution in [-0.4, -0.2) is 42.2 Å². The fraction of sp³-hybridized carbons (Fsp3) is 0.241. The van der Waals surface area contributed by atoms with Crippen molar-refractivity contribution >= 4 is 27.7 Å². The lowest BCUT2D eigenvalue weighted by Gasteiger charge is -2.31. The van der Waals surface area contributed by atoms with Crippen LogP contribution >= 0.6 is 15.9 Å². The van der Waals surface area contributed by atoms with Crippen molar-refractivity contribution in [2.75, 3.05) is 19.8 Å². The van der Waals surface area contributed by atoms with Crippen LogP contribution in [-0.2, 0) is 16.0 Å². The number of carbonyl (C=O) groups excluding carboxylic acids is 1. The van der Waals surface area contributed by atoms with Crippen molar-refractivity contribution in [1.29, 1.82) is 0 Å². The lowest BCUT2D eigenvalue weighted by atomic mass is 9.82. The van der Waals surface area contributed by atoms with Crippen molar-refractivity contribution in [2.24, 2.45) is 4.99 Å².